The van der Waals surface area contributed by atoms with Gasteiger partial charge in [-0.15, -0.1) is 0 Å². The van der Waals surface area contributed by atoms with Gasteiger partial charge in [0.15, 0.2) is 0 Å². The summed E-state index contributed by atoms with van der Waals surface area (Å²) in [6.07, 6.45) is -3.37. The molecule has 0 aliphatic carbocycles. The number of alkyl halides is 3. The molecule has 1 fully saturated rings. The Morgan fingerprint density at radius 2 is 1.69 bits per heavy atom. The summed E-state index contributed by atoms with van der Waals surface area (Å²) in [5.74, 6) is 0.485. The molecule has 1 saturated heterocycles. The number of nitrogens with zero attached hydrogens (tertiary/aromatic N) is 3. The first-order valence-electron chi connectivity index (χ1n) is 11.7. The standard InChI is InChI=1S/C26H30F3N3O3/c1-25(2,3)23(33)30-14-12-18(13-15-30)32-20-10-7-11-21(35-4)22(20)31(24(32)34)16-17-8-5-6-9-19(17)26(27,28)29/h5-11,18H,12-16H2,1-4H3. The van der Waals surface area contributed by atoms with Gasteiger partial charge in [0.1, 0.15) is 11.3 Å². The predicted molar refractivity (Wildman–Crippen MR) is 128 cm³/mol. The van der Waals surface area contributed by atoms with Crippen molar-refractivity contribution in [1.29, 1.82) is 0 Å². The number of methoxy groups -OCH3 is 1. The van der Waals surface area contributed by atoms with Crippen molar-refractivity contribution < 1.29 is 22.7 Å². The van der Waals surface area contributed by atoms with Crippen LogP contribution in [0.3, 0.4) is 0 Å². The summed E-state index contributed by atoms with van der Waals surface area (Å²) in [6, 6.07) is 10.4. The third-order valence-electron chi connectivity index (χ3n) is 6.57. The topological polar surface area (TPSA) is 56.5 Å². The van der Waals surface area contributed by atoms with Gasteiger partial charge in [-0.3, -0.25) is 13.9 Å². The lowest BCUT2D eigenvalue weighted by Crippen LogP contribution is -2.45. The first kappa shape index (κ1) is 24.9. The molecule has 0 bridgehead atoms. The minimum absolute atomic E-state index is 0.0117. The maximum atomic E-state index is 13.7. The number of hydrogen-bond donors (Lipinski definition) is 0. The Hall–Kier alpha value is -3.23. The van der Waals surface area contributed by atoms with Gasteiger partial charge in [0.05, 0.1) is 24.7 Å². The fourth-order valence-corrected chi connectivity index (χ4v) is 4.88. The molecule has 2 heterocycles. The Kier molecular flexibility index (Phi) is 6.46. The molecule has 0 saturated carbocycles. The maximum Gasteiger partial charge on any atom is 0.416 e. The van der Waals surface area contributed by atoms with Crippen LogP contribution in [0.4, 0.5) is 13.2 Å². The number of carbonyl (C=O) groups is 1. The highest BCUT2D eigenvalue weighted by molar-refractivity contribution is 5.83. The van der Waals surface area contributed by atoms with E-state index in [0.29, 0.717) is 42.7 Å². The molecular weight excluding hydrogens is 459 g/mol. The molecule has 6 nitrogen and oxygen atoms in total. The van der Waals surface area contributed by atoms with Crippen LogP contribution in [-0.2, 0) is 17.5 Å². The molecule has 3 aromatic rings. The highest BCUT2D eigenvalue weighted by Crippen LogP contribution is 2.35. The summed E-state index contributed by atoms with van der Waals surface area (Å²) in [4.78, 5) is 28.2. The van der Waals surface area contributed by atoms with Crippen LogP contribution in [0.2, 0.25) is 0 Å². The van der Waals surface area contributed by atoms with Crippen molar-refractivity contribution in [2.75, 3.05) is 20.2 Å². The Bertz CT molecular complexity index is 1290. The van der Waals surface area contributed by atoms with Gasteiger partial charge in [-0.1, -0.05) is 45.0 Å². The van der Waals surface area contributed by atoms with Crippen LogP contribution in [-0.4, -0.2) is 40.1 Å². The second-order valence-electron chi connectivity index (χ2n) is 10.00. The number of ether oxygens (including phenoxy) is 1. The van der Waals surface area contributed by atoms with E-state index < -0.39 is 17.2 Å². The lowest BCUT2D eigenvalue weighted by molar-refractivity contribution is -0.141. The van der Waals surface area contributed by atoms with Gasteiger partial charge < -0.3 is 9.64 Å². The number of hydrogen-bond acceptors (Lipinski definition) is 3. The summed E-state index contributed by atoms with van der Waals surface area (Å²) in [6.45, 7) is 6.43. The van der Waals surface area contributed by atoms with Gasteiger partial charge in [-0.05, 0) is 36.6 Å². The molecule has 0 radical (unpaired) electrons. The number of benzene rings is 2. The van der Waals surface area contributed by atoms with E-state index in [1.165, 1.54) is 29.9 Å². The third-order valence-corrected chi connectivity index (χ3v) is 6.57. The average Bonchev–Trinajstić information content (AvgIpc) is 3.09. The Morgan fingerprint density at radius 3 is 2.29 bits per heavy atom. The lowest BCUT2D eigenvalue weighted by Gasteiger charge is -2.36. The van der Waals surface area contributed by atoms with Crippen molar-refractivity contribution in [3.63, 3.8) is 0 Å². The summed E-state index contributed by atoms with van der Waals surface area (Å²) >= 11 is 0. The van der Waals surface area contributed by atoms with E-state index in [9.17, 15) is 22.8 Å². The number of carbonyl (C=O) groups excluding carboxylic acids is 1. The number of imidazole rings is 1. The minimum Gasteiger partial charge on any atom is -0.494 e. The number of amides is 1. The molecular formula is C26H30F3N3O3. The number of halogens is 3. The molecule has 1 aliphatic heterocycles. The Labute approximate surface area is 201 Å². The number of rotatable bonds is 4. The van der Waals surface area contributed by atoms with E-state index in [0.717, 1.165) is 6.07 Å². The molecule has 0 unspecified atom stereocenters. The molecule has 0 spiro atoms. The molecule has 1 aromatic heterocycles. The summed E-state index contributed by atoms with van der Waals surface area (Å²) < 4.78 is 49.5. The highest BCUT2D eigenvalue weighted by atomic mass is 19.4. The van der Waals surface area contributed by atoms with E-state index in [1.54, 1.807) is 22.8 Å². The van der Waals surface area contributed by atoms with E-state index in [-0.39, 0.29) is 29.7 Å². The number of likely N-dealkylation sites (tertiary alicyclic amines) is 1. The SMILES string of the molecule is COc1cccc2c1n(Cc1ccccc1C(F)(F)F)c(=O)n2C1CCN(C(=O)C(C)(C)C)CC1. The van der Waals surface area contributed by atoms with Gasteiger partial charge in [-0.25, -0.2) is 4.79 Å². The van der Waals surface area contributed by atoms with Gasteiger partial charge in [0.25, 0.3) is 0 Å². The first-order chi connectivity index (χ1) is 16.4. The molecule has 0 atom stereocenters. The largest absolute Gasteiger partial charge is 0.494 e. The van der Waals surface area contributed by atoms with Crippen LogP contribution in [0.1, 0.15) is 50.8 Å². The quantitative estimate of drug-likeness (QED) is 0.513. The first-order valence-corrected chi connectivity index (χ1v) is 11.7. The van der Waals surface area contributed by atoms with Crippen molar-refractivity contribution in [3.05, 3.63) is 64.1 Å². The number of fused-ring (bicyclic) bond motifs is 1. The molecule has 0 N–H and O–H groups in total. The molecule has 9 heteroatoms. The van der Waals surface area contributed by atoms with Crippen LogP contribution < -0.4 is 10.4 Å². The van der Waals surface area contributed by atoms with Crippen LogP contribution in [0.15, 0.2) is 47.3 Å². The zero-order valence-corrected chi connectivity index (χ0v) is 20.4. The molecule has 188 valence electrons. The monoisotopic (exact) mass is 489 g/mol. The fourth-order valence-electron chi connectivity index (χ4n) is 4.88. The van der Waals surface area contributed by atoms with E-state index >= 15 is 0 Å². The minimum atomic E-state index is -4.53. The molecule has 35 heavy (non-hydrogen) atoms. The van der Waals surface area contributed by atoms with E-state index in [1.807, 2.05) is 25.7 Å². The maximum absolute atomic E-state index is 13.7. The van der Waals surface area contributed by atoms with Crippen molar-refractivity contribution in [3.8, 4) is 5.75 Å². The summed E-state index contributed by atoms with van der Waals surface area (Å²) in [5.41, 5.74) is -0.556. The summed E-state index contributed by atoms with van der Waals surface area (Å²) in [7, 11) is 1.47. The smallest absolute Gasteiger partial charge is 0.416 e. The van der Waals surface area contributed by atoms with Crippen molar-refractivity contribution in [1.82, 2.24) is 14.0 Å². The Balaban J connectivity index is 1.77. The van der Waals surface area contributed by atoms with Crippen molar-refractivity contribution in [2.24, 2.45) is 5.41 Å². The lowest BCUT2D eigenvalue weighted by atomic mass is 9.93. The predicted octanol–water partition coefficient (Wildman–Crippen LogP) is 5.09. The van der Waals surface area contributed by atoms with Gasteiger partial charge in [-0.2, -0.15) is 13.2 Å². The number of piperidine rings is 1. The van der Waals surface area contributed by atoms with E-state index in [2.05, 4.69) is 0 Å². The normalized spacial score (nSPS) is 15.6. The molecule has 1 aliphatic rings. The Morgan fingerprint density at radius 1 is 1.03 bits per heavy atom. The molecule has 1 amide bonds. The number of para-hydroxylation sites is 1. The van der Waals surface area contributed by atoms with Crippen LogP contribution in [0.5, 0.6) is 5.75 Å². The van der Waals surface area contributed by atoms with Crippen LogP contribution in [0, 0.1) is 5.41 Å². The molecule has 2 aromatic carbocycles. The zero-order chi connectivity index (χ0) is 25.5. The van der Waals surface area contributed by atoms with Crippen molar-refractivity contribution in [2.45, 2.75) is 52.4 Å². The average molecular weight is 490 g/mol. The fraction of sp³-hybridized carbons (Fsp3) is 0.462. The highest BCUT2D eigenvalue weighted by Gasteiger charge is 2.35. The second kappa shape index (κ2) is 9.09. The van der Waals surface area contributed by atoms with Crippen LogP contribution in [0.25, 0.3) is 11.0 Å². The number of aromatic nitrogens is 2. The van der Waals surface area contributed by atoms with Gasteiger partial charge >= 0.3 is 11.9 Å². The zero-order valence-electron chi connectivity index (χ0n) is 20.4. The molecule has 4 rings (SSSR count). The van der Waals surface area contributed by atoms with Gasteiger partial charge in [0, 0.05) is 24.5 Å². The van der Waals surface area contributed by atoms with Crippen molar-refractivity contribution >= 4 is 16.9 Å². The van der Waals surface area contributed by atoms with Crippen LogP contribution >= 0.6 is 0 Å². The third kappa shape index (κ3) is 4.68. The summed E-state index contributed by atoms with van der Waals surface area (Å²) in [5, 5.41) is 0. The van der Waals surface area contributed by atoms with E-state index in [4.69, 9.17) is 4.74 Å². The van der Waals surface area contributed by atoms with Gasteiger partial charge in [0.2, 0.25) is 5.91 Å². The second-order valence-corrected chi connectivity index (χ2v) is 10.00.